The second kappa shape index (κ2) is 7.25. The van der Waals surface area contributed by atoms with Crippen molar-refractivity contribution >= 4 is 80.7 Å². The third kappa shape index (κ3) is 3.65. The first-order valence-corrected chi connectivity index (χ1v) is 9.39. The number of hydrogen-bond donors (Lipinski definition) is 1. The van der Waals surface area contributed by atoms with Crippen molar-refractivity contribution in [2.45, 2.75) is 0 Å². The van der Waals surface area contributed by atoms with Gasteiger partial charge in [-0.15, -0.1) is 11.3 Å². The zero-order valence-electron chi connectivity index (χ0n) is 11.8. The van der Waals surface area contributed by atoms with E-state index in [0.29, 0.717) is 25.4 Å². The van der Waals surface area contributed by atoms with Crippen LogP contribution in [0.1, 0.15) is 15.2 Å². The molecular formula is C15H8Cl2N2O2S3. The highest BCUT2D eigenvalue weighted by Gasteiger charge is 2.34. The topological polar surface area (TPSA) is 49.4 Å². The molecular weight excluding hydrogens is 407 g/mol. The molecule has 1 fully saturated rings. The van der Waals surface area contributed by atoms with Crippen molar-refractivity contribution in [2.24, 2.45) is 0 Å². The van der Waals surface area contributed by atoms with Crippen LogP contribution in [0.25, 0.3) is 6.08 Å². The van der Waals surface area contributed by atoms with Crippen molar-refractivity contribution in [1.29, 1.82) is 0 Å². The molecule has 1 aromatic heterocycles. The third-order valence-corrected chi connectivity index (χ3v) is 5.73. The van der Waals surface area contributed by atoms with Crippen LogP contribution in [-0.4, -0.2) is 21.1 Å². The highest BCUT2D eigenvalue weighted by molar-refractivity contribution is 8.26. The number of thiocarbonyl (C=S) groups is 1. The Morgan fingerprint density at radius 1 is 1.29 bits per heavy atom. The molecule has 2 heterocycles. The van der Waals surface area contributed by atoms with Crippen LogP contribution in [0.2, 0.25) is 10.0 Å². The summed E-state index contributed by atoms with van der Waals surface area (Å²) in [5, 5.41) is 3.78. The molecule has 1 N–H and O–H groups in total. The maximum atomic E-state index is 12.5. The van der Waals surface area contributed by atoms with E-state index < -0.39 is 5.91 Å². The van der Waals surface area contributed by atoms with E-state index >= 15 is 0 Å². The molecule has 122 valence electrons. The Morgan fingerprint density at radius 2 is 2.08 bits per heavy atom. The maximum absolute atomic E-state index is 12.5. The van der Waals surface area contributed by atoms with E-state index in [-0.39, 0.29) is 10.2 Å². The number of hydrazine groups is 1. The zero-order chi connectivity index (χ0) is 17.3. The van der Waals surface area contributed by atoms with Crippen LogP contribution in [0.15, 0.2) is 40.6 Å². The quantitative estimate of drug-likeness (QED) is 0.588. The second-order valence-corrected chi connectivity index (χ2v) is 8.07. The van der Waals surface area contributed by atoms with Crippen molar-refractivity contribution in [3.63, 3.8) is 0 Å². The van der Waals surface area contributed by atoms with Crippen LogP contribution >= 0.6 is 58.5 Å². The van der Waals surface area contributed by atoms with Gasteiger partial charge in [-0.25, -0.2) is 0 Å². The molecule has 1 aromatic carbocycles. The number of benzene rings is 1. The van der Waals surface area contributed by atoms with Gasteiger partial charge in [-0.05, 0) is 47.4 Å². The molecule has 0 saturated carbocycles. The lowest BCUT2D eigenvalue weighted by Crippen LogP contribution is -2.44. The van der Waals surface area contributed by atoms with Crippen molar-refractivity contribution in [1.82, 2.24) is 10.4 Å². The molecule has 2 amide bonds. The van der Waals surface area contributed by atoms with Gasteiger partial charge in [0.2, 0.25) is 0 Å². The van der Waals surface area contributed by atoms with Gasteiger partial charge in [0.15, 0.2) is 4.32 Å². The number of hydrogen-bond acceptors (Lipinski definition) is 5. The van der Waals surface area contributed by atoms with Crippen LogP contribution in [0, 0.1) is 0 Å². The molecule has 0 aliphatic carbocycles. The largest absolute Gasteiger partial charge is 0.285 e. The Labute approximate surface area is 161 Å². The summed E-state index contributed by atoms with van der Waals surface area (Å²) in [5.74, 6) is -0.784. The van der Waals surface area contributed by atoms with Crippen molar-refractivity contribution in [3.05, 3.63) is 61.1 Å². The molecule has 2 aromatic rings. The minimum Gasteiger partial charge on any atom is -0.266 e. The minimum absolute atomic E-state index is 0.251. The predicted octanol–water partition coefficient (Wildman–Crippen LogP) is 4.60. The summed E-state index contributed by atoms with van der Waals surface area (Å²) in [7, 11) is 0. The lowest BCUT2D eigenvalue weighted by atomic mass is 10.2. The molecule has 0 atom stereocenters. The fraction of sp³-hybridized carbons (Fsp3) is 0. The number of halogens is 2. The smallest absolute Gasteiger partial charge is 0.266 e. The van der Waals surface area contributed by atoms with E-state index in [1.54, 1.807) is 41.8 Å². The Kier molecular flexibility index (Phi) is 5.27. The molecule has 1 saturated heterocycles. The second-order valence-electron chi connectivity index (χ2n) is 4.60. The van der Waals surface area contributed by atoms with Gasteiger partial charge in [0.25, 0.3) is 11.8 Å². The summed E-state index contributed by atoms with van der Waals surface area (Å²) in [4.78, 5) is 25.4. The SMILES string of the molecule is O=C(NN1C(=O)C(=Cc2ccc(Cl)cc2Cl)SC1=S)c1cccs1. The maximum Gasteiger partial charge on any atom is 0.285 e. The number of thiophene rings is 1. The van der Waals surface area contributed by atoms with Gasteiger partial charge in [-0.2, -0.15) is 5.01 Å². The number of rotatable bonds is 3. The van der Waals surface area contributed by atoms with Crippen molar-refractivity contribution in [2.75, 3.05) is 0 Å². The highest BCUT2D eigenvalue weighted by Crippen LogP contribution is 2.33. The Bertz CT molecular complexity index is 866. The summed E-state index contributed by atoms with van der Waals surface area (Å²) < 4.78 is 0.251. The lowest BCUT2D eigenvalue weighted by Gasteiger charge is -2.14. The average molecular weight is 415 g/mol. The first kappa shape index (κ1) is 17.4. The molecule has 3 rings (SSSR count). The van der Waals surface area contributed by atoms with Gasteiger partial charge < -0.3 is 0 Å². The predicted molar refractivity (Wildman–Crippen MR) is 103 cm³/mol. The number of amides is 2. The number of nitrogens with zero attached hydrogens (tertiary/aromatic N) is 1. The van der Waals surface area contributed by atoms with Crippen LogP contribution < -0.4 is 5.43 Å². The van der Waals surface area contributed by atoms with E-state index in [1.165, 1.54) is 11.3 Å². The zero-order valence-corrected chi connectivity index (χ0v) is 15.7. The molecule has 1 aliphatic rings. The molecule has 1 aliphatic heterocycles. The van der Waals surface area contributed by atoms with Gasteiger partial charge in [0, 0.05) is 10.0 Å². The average Bonchev–Trinajstić information content (AvgIpc) is 3.15. The summed E-state index contributed by atoms with van der Waals surface area (Å²) in [5.41, 5.74) is 3.16. The summed E-state index contributed by atoms with van der Waals surface area (Å²) >= 11 is 19.5. The normalized spacial score (nSPS) is 16.1. The fourth-order valence-corrected chi connectivity index (χ4v) is 4.14. The molecule has 0 bridgehead atoms. The number of carbonyl (C=O) groups excluding carboxylic acids is 2. The van der Waals surface area contributed by atoms with Crippen molar-refractivity contribution in [3.8, 4) is 0 Å². The van der Waals surface area contributed by atoms with Crippen LogP contribution in [-0.2, 0) is 4.79 Å². The highest BCUT2D eigenvalue weighted by atomic mass is 35.5. The first-order valence-electron chi connectivity index (χ1n) is 6.53. The lowest BCUT2D eigenvalue weighted by molar-refractivity contribution is -0.123. The first-order chi connectivity index (χ1) is 11.5. The number of carbonyl (C=O) groups is 2. The van der Waals surface area contributed by atoms with Gasteiger partial charge in [-0.1, -0.05) is 47.1 Å². The molecule has 4 nitrogen and oxygen atoms in total. The van der Waals surface area contributed by atoms with Gasteiger partial charge >= 0.3 is 0 Å². The fourth-order valence-electron chi connectivity index (χ4n) is 1.89. The van der Waals surface area contributed by atoms with Crippen LogP contribution in [0.4, 0.5) is 0 Å². The standard InChI is InChI=1S/C15H8Cl2N2O2S3/c16-9-4-3-8(10(17)7-9)6-12-14(21)19(15(22)24-12)18-13(20)11-2-1-5-23-11/h1-7H,(H,18,20). The minimum atomic E-state index is -0.402. The number of thioether (sulfide) groups is 1. The Balaban J connectivity index is 1.81. The Morgan fingerprint density at radius 3 is 2.75 bits per heavy atom. The van der Waals surface area contributed by atoms with Crippen molar-refractivity contribution < 1.29 is 9.59 Å². The third-order valence-electron chi connectivity index (χ3n) is 3.00. The molecule has 0 spiro atoms. The van der Waals surface area contributed by atoms with E-state index in [9.17, 15) is 9.59 Å². The van der Waals surface area contributed by atoms with Gasteiger partial charge in [0.05, 0.1) is 9.78 Å². The molecule has 0 radical (unpaired) electrons. The molecule has 0 unspecified atom stereocenters. The molecule has 9 heteroatoms. The summed E-state index contributed by atoms with van der Waals surface area (Å²) in [6.45, 7) is 0. The molecule has 24 heavy (non-hydrogen) atoms. The van der Waals surface area contributed by atoms with E-state index in [4.69, 9.17) is 35.4 Å². The monoisotopic (exact) mass is 414 g/mol. The van der Waals surface area contributed by atoms with E-state index in [0.717, 1.165) is 16.8 Å². The van der Waals surface area contributed by atoms with E-state index in [2.05, 4.69) is 5.43 Å². The summed E-state index contributed by atoms with van der Waals surface area (Å²) in [6.07, 6.45) is 1.62. The van der Waals surface area contributed by atoms with Gasteiger partial charge in [-0.3, -0.25) is 15.0 Å². The summed E-state index contributed by atoms with van der Waals surface area (Å²) in [6, 6.07) is 8.40. The van der Waals surface area contributed by atoms with Crippen LogP contribution in [0.5, 0.6) is 0 Å². The van der Waals surface area contributed by atoms with Gasteiger partial charge in [0.1, 0.15) is 0 Å². The Hall–Kier alpha value is -1.38. The van der Waals surface area contributed by atoms with Crippen LogP contribution in [0.3, 0.4) is 0 Å². The van der Waals surface area contributed by atoms with E-state index in [1.807, 2.05) is 0 Å². The number of nitrogens with one attached hydrogen (secondary N) is 1.